The molecule has 0 bridgehead atoms. The van der Waals surface area contributed by atoms with Crippen molar-refractivity contribution in [1.29, 1.82) is 0 Å². The van der Waals surface area contributed by atoms with Crippen LogP contribution >= 0.6 is 0 Å². The zero-order valence-electron chi connectivity index (χ0n) is 18.3. The summed E-state index contributed by atoms with van der Waals surface area (Å²) >= 11 is 0. The zero-order valence-corrected chi connectivity index (χ0v) is 19.2. The van der Waals surface area contributed by atoms with E-state index in [1.807, 2.05) is 19.1 Å². The van der Waals surface area contributed by atoms with Crippen molar-refractivity contribution in [1.82, 2.24) is 4.31 Å². The van der Waals surface area contributed by atoms with Gasteiger partial charge in [0.1, 0.15) is 0 Å². The van der Waals surface area contributed by atoms with E-state index in [0.29, 0.717) is 37.3 Å². The second kappa shape index (κ2) is 9.42. The fourth-order valence-corrected chi connectivity index (χ4v) is 5.79. The summed E-state index contributed by atoms with van der Waals surface area (Å²) in [4.78, 5) is 27.1. The zero-order chi connectivity index (χ0) is 22.7. The lowest BCUT2D eigenvalue weighted by Crippen LogP contribution is -2.35. The van der Waals surface area contributed by atoms with Gasteiger partial charge >= 0.3 is 0 Å². The molecule has 2 fully saturated rings. The number of rotatable bonds is 5. The average molecular weight is 456 g/mol. The van der Waals surface area contributed by atoms with E-state index in [1.165, 1.54) is 28.6 Å². The third kappa shape index (κ3) is 4.71. The van der Waals surface area contributed by atoms with E-state index >= 15 is 0 Å². The van der Waals surface area contributed by atoms with E-state index in [-0.39, 0.29) is 16.7 Å². The second-order valence-corrected chi connectivity index (χ2v) is 10.4. The molecule has 2 aliphatic rings. The monoisotopic (exact) mass is 455 g/mol. The van der Waals surface area contributed by atoms with Gasteiger partial charge in [0, 0.05) is 43.0 Å². The largest absolute Gasteiger partial charge is 0.322 e. The lowest BCUT2D eigenvalue weighted by Gasteiger charge is -2.28. The Morgan fingerprint density at radius 2 is 1.59 bits per heavy atom. The van der Waals surface area contributed by atoms with Gasteiger partial charge in [0.25, 0.3) is 5.91 Å². The van der Waals surface area contributed by atoms with Crippen molar-refractivity contribution in [2.75, 3.05) is 29.9 Å². The molecule has 1 N–H and O–H groups in total. The number of nitrogens with one attached hydrogen (secondary N) is 1. The van der Waals surface area contributed by atoms with Crippen molar-refractivity contribution >= 4 is 33.2 Å². The summed E-state index contributed by atoms with van der Waals surface area (Å²) in [5, 5.41) is 2.86. The highest BCUT2D eigenvalue weighted by molar-refractivity contribution is 7.89. The molecule has 0 unspecified atom stereocenters. The van der Waals surface area contributed by atoms with Gasteiger partial charge in [-0.25, -0.2) is 8.42 Å². The first-order chi connectivity index (χ1) is 15.4. The first-order valence-corrected chi connectivity index (χ1v) is 12.6. The van der Waals surface area contributed by atoms with Gasteiger partial charge < -0.3 is 10.2 Å². The van der Waals surface area contributed by atoms with Gasteiger partial charge in [-0.15, -0.1) is 0 Å². The summed E-state index contributed by atoms with van der Waals surface area (Å²) in [6, 6.07) is 11.6. The molecule has 2 heterocycles. The molecule has 2 saturated heterocycles. The van der Waals surface area contributed by atoms with E-state index in [2.05, 4.69) is 5.32 Å². The fraction of sp³-hybridized carbons (Fsp3) is 0.417. The number of nitrogens with zero attached hydrogens (tertiary/aromatic N) is 2. The number of sulfonamides is 1. The molecule has 32 heavy (non-hydrogen) atoms. The molecular formula is C24H29N3O4S. The van der Waals surface area contributed by atoms with Crippen LogP contribution in [0.2, 0.25) is 0 Å². The number of benzene rings is 2. The van der Waals surface area contributed by atoms with Crippen molar-refractivity contribution < 1.29 is 18.0 Å². The van der Waals surface area contributed by atoms with Gasteiger partial charge in [0.15, 0.2) is 0 Å². The normalized spacial score (nSPS) is 17.9. The van der Waals surface area contributed by atoms with Crippen molar-refractivity contribution in [2.45, 2.75) is 50.3 Å². The minimum atomic E-state index is -3.53. The van der Waals surface area contributed by atoms with Gasteiger partial charge in [-0.2, -0.15) is 4.31 Å². The highest BCUT2D eigenvalue weighted by Gasteiger charge is 2.26. The maximum Gasteiger partial charge on any atom is 0.255 e. The van der Waals surface area contributed by atoms with Gasteiger partial charge in [0.2, 0.25) is 15.9 Å². The quantitative estimate of drug-likeness (QED) is 0.740. The van der Waals surface area contributed by atoms with Crippen LogP contribution in [0.25, 0.3) is 0 Å². The molecule has 0 aromatic heterocycles. The number of carbonyl (C=O) groups is 2. The standard InChI is InChI=1S/C24H29N3O4S/c1-18-8-11-20(17-22(18)27-16-6-3-7-23(27)28)25-24(29)19-9-12-21(13-10-19)32(30,31)26-14-4-2-5-15-26/h8-13,17H,2-7,14-16H2,1H3,(H,25,29). The molecule has 0 spiro atoms. The number of amides is 2. The molecule has 8 heteroatoms. The number of hydrogen-bond donors (Lipinski definition) is 1. The van der Waals surface area contributed by atoms with Gasteiger partial charge in [-0.1, -0.05) is 12.5 Å². The fourth-order valence-electron chi connectivity index (χ4n) is 4.27. The second-order valence-electron chi connectivity index (χ2n) is 8.45. The summed E-state index contributed by atoms with van der Waals surface area (Å²) < 4.78 is 27.1. The Balaban J connectivity index is 1.48. The summed E-state index contributed by atoms with van der Waals surface area (Å²) in [5.74, 6) is -0.222. The molecule has 2 aromatic carbocycles. The van der Waals surface area contributed by atoms with E-state index in [0.717, 1.165) is 43.4 Å². The minimum absolute atomic E-state index is 0.105. The predicted molar refractivity (Wildman–Crippen MR) is 124 cm³/mol. The van der Waals surface area contributed by atoms with Crippen LogP contribution in [0.4, 0.5) is 11.4 Å². The molecule has 0 atom stereocenters. The summed E-state index contributed by atoms with van der Waals surface area (Å²) in [7, 11) is -3.53. The average Bonchev–Trinajstić information content (AvgIpc) is 2.81. The Labute approximate surface area is 189 Å². The van der Waals surface area contributed by atoms with Crippen molar-refractivity contribution in [3.63, 3.8) is 0 Å². The molecule has 0 saturated carbocycles. The van der Waals surface area contributed by atoms with Gasteiger partial charge in [0.05, 0.1) is 4.90 Å². The number of piperidine rings is 2. The molecular weight excluding hydrogens is 426 g/mol. The first-order valence-electron chi connectivity index (χ1n) is 11.2. The van der Waals surface area contributed by atoms with Crippen molar-refractivity contribution in [2.24, 2.45) is 0 Å². The minimum Gasteiger partial charge on any atom is -0.322 e. The van der Waals surface area contributed by atoms with Crippen molar-refractivity contribution in [3.8, 4) is 0 Å². The van der Waals surface area contributed by atoms with E-state index in [1.54, 1.807) is 11.0 Å². The lowest BCUT2D eigenvalue weighted by atomic mass is 10.1. The number of hydrogen-bond acceptors (Lipinski definition) is 4. The lowest BCUT2D eigenvalue weighted by molar-refractivity contribution is -0.119. The Morgan fingerprint density at radius 1 is 0.906 bits per heavy atom. The smallest absolute Gasteiger partial charge is 0.255 e. The third-order valence-corrected chi connectivity index (χ3v) is 8.06. The van der Waals surface area contributed by atoms with Crippen LogP contribution in [0.15, 0.2) is 47.4 Å². The molecule has 0 radical (unpaired) electrons. The van der Waals surface area contributed by atoms with Crippen LogP contribution in [-0.2, 0) is 14.8 Å². The van der Waals surface area contributed by atoms with E-state index < -0.39 is 10.0 Å². The van der Waals surface area contributed by atoms with Crippen LogP contribution in [0.1, 0.15) is 54.4 Å². The van der Waals surface area contributed by atoms with Crippen LogP contribution in [0.5, 0.6) is 0 Å². The maximum atomic E-state index is 12.8. The SMILES string of the molecule is Cc1ccc(NC(=O)c2ccc(S(=O)(=O)N3CCCCC3)cc2)cc1N1CCCCC1=O. The van der Waals surface area contributed by atoms with E-state index in [9.17, 15) is 18.0 Å². The molecule has 2 aromatic rings. The summed E-state index contributed by atoms with van der Waals surface area (Å²) in [6.45, 7) is 3.72. The molecule has 7 nitrogen and oxygen atoms in total. The molecule has 170 valence electrons. The van der Waals surface area contributed by atoms with Crippen LogP contribution < -0.4 is 10.2 Å². The van der Waals surface area contributed by atoms with Crippen LogP contribution in [0, 0.1) is 6.92 Å². The molecule has 0 aliphatic carbocycles. The number of carbonyl (C=O) groups excluding carboxylic acids is 2. The Morgan fingerprint density at radius 3 is 2.28 bits per heavy atom. The number of aryl methyl sites for hydroxylation is 1. The van der Waals surface area contributed by atoms with Crippen LogP contribution in [-0.4, -0.2) is 44.2 Å². The van der Waals surface area contributed by atoms with E-state index in [4.69, 9.17) is 0 Å². The Hall–Kier alpha value is -2.71. The predicted octanol–water partition coefficient (Wildman–Crippen LogP) is 3.94. The first kappa shape index (κ1) is 22.5. The van der Waals surface area contributed by atoms with Gasteiger partial charge in [-0.3, -0.25) is 9.59 Å². The highest BCUT2D eigenvalue weighted by atomic mass is 32.2. The number of anilines is 2. The Kier molecular flexibility index (Phi) is 6.62. The topological polar surface area (TPSA) is 86.8 Å². The highest BCUT2D eigenvalue weighted by Crippen LogP contribution is 2.28. The van der Waals surface area contributed by atoms with Crippen molar-refractivity contribution in [3.05, 3.63) is 53.6 Å². The van der Waals surface area contributed by atoms with Gasteiger partial charge in [-0.05, 0) is 74.6 Å². The maximum absolute atomic E-state index is 12.8. The molecule has 2 amide bonds. The molecule has 4 rings (SSSR count). The third-order valence-electron chi connectivity index (χ3n) is 6.15. The van der Waals surface area contributed by atoms with Crippen LogP contribution in [0.3, 0.4) is 0 Å². The summed E-state index contributed by atoms with van der Waals surface area (Å²) in [5.41, 5.74) is 2.76. The summed E-state index contributed by atoms with van der Waals surface area (Å²) in [6.07, 6.45) is 5.23. The Bertz CT molecular complexity index is 1110. The molecule has 2 aliphatic heterocycles.